The third-order valence-electron chi connectivity index (χ3n) is 5.25. The second-order valence-electron chi connectivity index (χ2n) is 6.72. The molecule has 0 aromatic carbocycles. The summed E-state index contributed by atoms with van der Waals surface area (Å²) in [5, 5.41) is 3.99. The molecule has 0 aromatic rings. The first-order valence-electron chi connectivity index (χ1n) is 7.96. The number of hydrogen-bond acceptors (Lipinski definition) is 1. The Bertz CT molecular complexity index is 204. The molecule has 0 radical (unpaired) electrons. The van der Waals surface area contributed by atoms with Crippen molar-refractivity contribution >= 4 is 0 Å². The molecule has 0 spiro atoms. The van der Waals surface area contributed by atoms with Gasteiger partial charge in [-0.15, -0.1) is 0 Å². The maximum absolute atomic E-state index is 3.99. The van der Waals surface area contributed by atoms with Crippen LogP contribution in [0, 0.1) is 17.8 Å². The van der Waals surface area contributed by atoms with E-state index in [0.717, 1.165) is 29.8 Å². The summed E-state index contributed by atoms with van der Waals surface area (Å²) in [6, 6.07) is 1.58. The van der Waals surface area contributed by atoms with Crippen molar-refractivity contribution in [3.8, 4) is 0 Å². The minimum absolute atomic E-state index is 0.719. The lowest BCUT2D eigenvalue weighted by Gasteiger charge is -2.44. The molecular weight excluding hydrogens is 206 g/mol. The molecule has 2 aliphatic carbocycles. The van der Waals surface area contributed by atoms with Gasteiger partial charge in [0.2, 0.25) is 0 Å². The second-order valence-corrected chi connectivity index (χ2v) is 6.72. The third kappa shape index (κ3) is 3.47. The zero-order chi connectivity index (χ0) is 12.3. The van der Waals surface area contributed by atoms with Gasteiger partial charge in [-0.05, 0) is 56.8 Å². The highest BCUT2D eigenvalue weighted by atomic mass is 15.0. The fraction of sp³-hybridized carbons (Fsp3) is 1.00. The van der Waals surface area contributed by atoms with E-state index >= 15 is 0 Å². The summed E-state index contributed by atoms with van der Waals surface area (Å²) in [5.41, 5.74) is 0. The molecule has 2 rings (SSSR count). The third-order valence-corrected chi connectivity index (χ3v) is 5.25. The maximum Gasteiger partial charge on any atom is 0.0126 e. The van der Waals surface area contributed by atoms with Gasteiger partial charge in [-0.1, -0.05) is 33.1 Å². The average Bonchev–Trinajstić information content (AvgIpc) is 2.11. The molecule has 1 N–H and O–H groups in total. The Morgan fingerprint density at radius 2 is 1.53 bits per heavy atom. The Balaban J connectivity index is 1.79. The van der Waals surface area contributed by atoms with E-state index in [2.05, 4.69) is 26.1 Å². The topological polar surface area (TPSA) is 12.0 Å². The molecule has 2 atom stereocenters. The van der Waals surface area contributed by atoms with Crippen molar-refractivity contribution in [3.63, 3.8) is 0 Å². The van der Waals surface area contributed by atoms with Crippen molar-refractivity contribution in [2.45, 2.75) is 84.2 Å². The van der Waals surface area contributed by atoms with Crippen LogP contribution in [-0.4, -0.2) is 12.1 Å². The van der Waals surface area contributed by atoms with Crippen LogP contribution >= 0.6 is 0 Å². The van der Waals surface area contributed by atoms with E-state index in [-0.39, 0.29) is 0 Å². The Kier molecular flexibility index (Phi) is 4.90. The van der Waals surface area contributed by atoms with E-state index < -0.39 is 0 Å². The van der Waals surface area contributed by atoms with Gasteiger partial charge in [0.1, 0.15) is 0 Å². The van der Waals surface area contributed by atoms with Gasteiger partial charge in [-0.2, -0.15) is 0 Å². The first-order valence-corrected chi connectivity index (χ1v) is 7.96. The second kappa shape index (κ2) is 6.22. The normalized spacial score (nSPS) is 25.4. The summed E-state index contributed by atoms with van der Waals surface area (Å²) in [7, 11) is 0. The summed E-state index contributed by atoms with van der Waals surface area (Å²) >= 11 is 0. The van der Waals surface area contributed by atoms with Crippen LogP contribution in [0.2, 0.25) is 0 Å². The molecule has 0 heterocycles. The molecule has 0 aliphatic heterocycles. The van der Waals surface area contributed by atoms with Crippen LogP contribution in [0.1, 0.15) is 72.1 Å². The Hall–Kier alpha value is -0.0400. The van der Waals surface area contributed by atoms with E-state index in [9.17, 15) is 0 Å². The highest BCUT2D eigenvalue weighted by molar-refractivity contribution is 4.92. The quantitative estimate of drug-likeness (QED) is 0.693. The molecule has 1 heteroatoms. The van der Waals surface area contributed by atoms with Crippen LogP contribution in [0.4, 0.5) is 0 Å². The first kappa shape index (κ1) is 13.4. The van der Waals surface area contributed by atoms with Gasteiger partial charge in [0.05, 0.1) is 0 Å². The lowest BCUT2D eigenvalue weighted by molar-refractivity contribution is 0.112. The molecular formula is C16H31N. The van der Waals surface area contributed by atoms with Crippen LogP contribution < -0.4 is 5.32 Å². The fourth-order valence-electron chi connectivity index (χ4n) is 3.42. The van der Waals surface area contributed by atoms with E-state index in [0.29, 0.717) is 0 Å². The van der Waals surface area contributed by atoms with E-state index in [1.807, 2.05) is 0 Å². The number of hydrogen-bond donors (Lipinski definition) is 1. The van der Waals surface area contributed by atoms with Gasteiger partial charge in [0.25, 0.3) is 0 Å². The molecule has 2 unspecified atom stereocenters. The molecule has 2 aliphatic rings. The SMILES string of the molecule is CCC(C)CC(C)NC(C1CCC1)C1CCC1. The van der Waals surface area contributed by atoms with Crippen LogP contribution in [0.15, 0.2) is 0 Å². The summed E-state index contributed by atoms with van der Waals surface area (Å²) in [6.07, 6.45) is 11.6. The van der Waals surface area contributed by atoms with Gasteiger partial charge >= 0.3 is 0 Å². The minimum Gasteiger partial charge on any atom is -0.311 e. The summed E-state index contributed by atoms with van der Waals surface area (Å²) in [4.78, 5) is 0. The van der Waals surface area contributed by atoms with Crippen molar-refractivity contribution in [1.82, 2.24) is 5.32 Å². The van der Waals surface area contributed by atoms with Gasteiger partial charge in [0.15, 0.2) is 0 Å². The Morgan fingerprint density at radius 3 is 1.88 bits per heavy atom. The van der Waals surface area contributed by atoms with Crippen molar-refractivity contribution in [1.29, 1.82) is 0 Å². The molecule has 0 amide bonds. The van der Waals surface area contributed by atoms with Gasteiger partial charge in [-0.3, -0.25) is 0 Å². The van der Waals surface area contributed by atoms with Gasteiger partial charge < -0.3 is 5.32 Å². The van der Waals surface area contributed by atoms with Crippen LogP contribution in [0.3, 0.4) is 0 Å². The first-order chi connectivity index (χ1) is 8.20. The lowest BCUT2D eigenvalue weighted by atomic mass is 9.68. The van der Waals surface area contributed by atoms with E-state index in [1.54, 1.807) is 0 Å². The largest absolute Gasteiger partial charge is 0.311 e. The highest BCUT2D eigenvalue weighted by Gasteiger charge is 2.36. The molecule has 2 fully saturated rings. The van der Waals surface area contributed by atoms with E-state index in [4.69, 9.17) is 0 Å². The zero-order valence-corrected chi connectivity index (χ0v) is 12.0. The summed E-state index contributed by atoms with van der Waals surface area (Å²) < 4.78 is 0. The van der Waals surface area contributed by atoms with Crippen LogP contribution in [0.5, 0.6) is 0 Å². The van der Waals surface area contributed by atoms with E-state index in [1.165, 1.54) is 51.4 Å². The Morgan fingerprint density at radius 1 is 1.00 bits per heavy atom. The summed E-state index contributed by atoms with van der Waals surface area (Å²) in [6.45, 7) is 7.10. The lowest BCUT2D eigenvalue weighted by Crippen LogP contribution is -2.50. The van der Waals surface area contributed by atoms with Crippen LogP contribution in [-0.2, 0) is 0 Å². The van der Waals surface area contributed by atoms with Crippen molar-refractivity contribution in [2.24, 2.45) is 17.8 Å². The van der Waals surface area contributed by atoms with Gasteiger partial charge in [-0.25, -0.2) is 0 Å². The van der Waals surface area contributed by atoms with Gasteiger partial charge in [0, 0.05) is 12.1 Å². The van der Waals surface area contributed by atoms with Crippen molar-refractivity contribution in [2.75, 3.05) is 0 Å². The molecule has 1 nitrogen and oxygen atoms in total. The Labute approximate surface area is 108 Å². The predicted molar refractivity (Wildman–Crippen MR) is 75.1 cm³/mol. The molecule has 100 valence electrons. The number of rotatable bonds is 7. The standard InChI is InChI=1S/C16H31N/c1-4-12(2)11-13(3)17-16(14-7-5-8-14)15-9-6-10-15/h12-17H,4-11H2,1-3H3. The molecule has 0 aromatic heterocycles. The fourth-order valence-corrected chi connectivity index (χ4v) is 3.42. The molecule has 2 saturated carbocycles. The molecule has 0 bridgehead atoms. The maximum atomic E-state index is 3.99. The minimum atomic E-state index is 0.719. The number of nitrogens with one attached hydrogen (secondary N) is 1. The summed E-state index contributed by atoms with van der Waals surface area (Å²) in [5.74, 6) is 2.90. The predicted octanol–water partition coefficient (Wildman–Crippen LogP) is 4.37. The van der Waals surface area contributed by atoms with Crippen molar-refractivity contribution < 1.29 is 0 Å². The highest BCUT2D eigenvalue weighted by Crippen LogP contribution is 2.40. The van der Waals surface area contributed by atoms with Crippen molar-refractivity contribution in [3.05, 3.63) is 0 Å². The molecule has 17 heavy (non-hydrogen) atoms. The molecule has 0 saturated heterocycles. The smallest absolute Gasteiger partial charge is 0.0126 e. The zero-order valence-electron chi connectivity index (χ0n) is 12.0. The monoisotopic (exact) mass is 237 g/mol. The average molecular weight is 237 g/mol. The van der Waals surface area contributed by atoms with Crippen LogP contribution in [0.25, 0.3) is 0 Å².